The molecule has 3 nitrogen and oxygen atoms in total. The van der Waals surface area contributed by atoms with Gasteiger partial charge in [0, 0.05) is 0 Å². The first-order valence-electron chi connectivity index (χ1n) is 5.75. The Kier molecular flexibility index (Phi) is 5.29. The second kappa shape index (κ2) is 6.51. The molecule has 0 saturated heterocycles. The van der Waals surface area contributed by atoms with Gasteiger partial charge in [-0.05, 0) is 57.1 Å². The van der Waals surface area contributed by atoms with Gasteiger partial charge in [-0.15, -0.1) is 0 Å². The van der Waals surface area contributed by atoms with Crippen LogP contribution in [0.1, 0.15) is 30.6 Å². The van der Waals surface area contributed by atoms with Crippen molar-refractivity contribution in [2.75, 3.05) is 20.2 Å². The smallest absolute Gasteiger partial charge is 0.122 e. The lowest BCUT2D eigenvalue weighted by atomic mass is 10.0. The van der Waals surface area contributed by atoms with Crippen LogP contribution in [0.2, 0.25) is 0 Å². The highest BCUT2D eigenvalue weighted by Gasteiger charge is 2.08. The summed E-state index contributed by atoms with van der Waals surface area (Å²) in [5.41, 5.74) is 2.03. The zero-order chi connectivity index (χ0) is 12.0. The summed E-state index contributed by atoms with van der Waals surface area (Å²) in [5.74, 6) is 0.895. The number of benzene rings is 1. The highest BCUT2D eigenvalue weighted by Crippen LogP contribution is 2.24. The Morgan fingerprint density at radius 3 is 2.75 bits per heavy atom. The highest BCUT2D eigenvalue weighted by atomic mass is 16.5. The molecule has 2 N–H and O–H groups in total. The lowest BCUT2D eigenvalue weighted by molar-refractivity contribution is 0.167. The van der Waals surface area contributed by atoms with Gasteiger partial charge in [0.1, 0.15) is 5.75 Å². The third kappa shape index (κ3) is 3.51. The maximum Gasteiger partial charge on any atom is 0.122 e. The van der Waals surface area contributed by atoms with Gasteiger partial charge in [0.05, 0.1) is 12.7 Å². The molecule has 0 bridgehead atoms. The third-order valence-corrected chi connectivity index (χ3v) is 2.55. The fourth-order valence-corrected chi connectivity index (χ4v) is 1.65. The number of nitrogens with one attached hydrogen (secondary N) is 1. The Labute approximate surface area is 97.4 Å². The van der Waals surface area contributed by atoms with Crippen LogP contribution < -0.4 is 10.1 Å². The van der Waals surface area contributed by atoms with Gasteiger partial charge in [-0.1, -0.05) is 6.07 Å². The summed E-state index contributed by atoms with van der Waals surface area (Å²) in [5, 5.41) is 12.9. The average molecular weight is 223 g/mol. The van der Waals surface area contributed by atoms with Gasteiger partial charge in [-0.3, -0.25) is 0 Å². The maximum absolute atomic E-state index is 9.92. The van der Waals surface area contributed by atoms with Crippen molar-refractivity contribution in [3.05, 3.63) is 29.3 Å². The first-order chi connectivity index (χ1) is 7.69. The molecule has 0 aliphatic rings. The van der Waals surface area contributed by atoms with Gasteiger partial charge in [0.25, 0.3) is 0 Å². The van der Waals surface area contributed by atoms with Crippen molar-refractivity contribution >= 4 is 0 Å². The molecule has 16 heavy (non-hydrogen) atoms. The van der Waals surface area contributed by atoms with Gasteiger partial charge in [0.15, 0.2) is 0 Å². The van der Waals surface area contributed by atoms with Crippen LogP contribution >= 0.6 is 0 Å². The van der Waals surface area contributed by atoms with Crippen LogP contribution in [-0.4, -0.2) is 25.3 Å². The van der Waals surface area contributed by atoms with E-state index in [0.717, 1.165) is 29.8 Å². The number of aliphatic hydroxyl groups excluding tert-OH is 1. The zero-order valence-electron chi connectivity index (χ0n) is 10.3. The van der Waals surface area contributed by atoms with E-state index >= 15 is 0 Å². The van der Waals surface area contributed by atoms with Crippen LogP contribution in [0.25, 0.3) is 0 Å². The molecule has 0 spiro atoms. The number of hydrogen-bond donors (Lipinski definition) is 2. The van der Waals surface area contributed by atoms with E-state index in [4.69, 9.17) is 4.74 Å². The molecule has 0 fully saturated rings. The molecule has 3 heteroatoms. The molecular weight excluding hydrogens is 202 g/mol. The fraction of sp³-hybridized carbons (Fsp3) is 0.538. The quantitative estimate of drug-likeness (QED) is 0.775. The van der Waals surface area contributed by atoms with Crippen molar-refractivity contribution in [2.24, 2.45) is 0 Å². The Morgan fingerprint density at radius 2 is 2.19 bits per heavy atom. The number of aliphatic hydroxyl groups is 1. The standard InChI is InChI=1S/C13H21NO2/c1-4-16-13-6-5-11(9-10(13)2)12(15)7-8-14-3/h5-6,9,12,14-15H,4,7-8H2,1-3H3. The van der Waals surface area contributed by atoms with Crippen LogP contribution in [0, 0.1) is 6.92 Å². The Balaban J connectivity index is 2.71. The van der Waals surface area contributed by atoms with Crippen molar-refractivity contribution in [3.63, 3.8) is 0 Å². The Bertz CT molecular complexity index is 326. The summed E-state index contributed by atoms with van der Waals surface area (Å²) in [6.45, 7) is 5.45. The van der Waals surface area contributed by atoms with E-state index in [1.807, 2.05) is 39.1 Å². The summed E-state index contributed by atoms with van der Waals surface area (Å²) in [6.07, 6.45) is 0.325. The summed E-state index contributed by atoms with van der Waals surface area (Å²) in [6, 6.07) is 5.85. The normalized spacial score (nSPS) is 12.5. The van der Waals surface area contributed by atoms with Gasteiger partial charge < -0.3 is 15.2 Å². The van der Waals surface area contributed by atoms with E-state index in [1.54, 1.807) is 0 Å². The van der Waals surface area contributed by atoms with Crippen LogP contribution in [0.5, 0.6) is 5.75 Å². The van der Waals surface area contributed by atoms with E-state index < -0.39 is 6.10 Å². The summed E-state index contributed by atoms with van der Waals surface area (Å²) in [4.78, 5) is 0. The van der Waals surface area contributed by atoms with E-state index in [9.17, 15) is 5.11 Å². The molecule has 0 heterocycles. The van der Waals surface area contributed by atoms with E-state index in [2.05, 4.69) is 5.32 Å². The second-order valence-electron chi connectivity index (χ2n) is 3.87. The zero-order valence-corrected chi connectivity index (χ0v) is 10.3. The van der Waals surface area contributed by atoms with Crippen LogP contribution in [-0.2, 0) is 0 Å². The molecule has 0 aliphatic carbocycles. The Morgan fingerprint density at radius 1 is 1.44 bits per heavy atom. The van der Waals surface area contributed by atoms with Crippen LogP contribution in [0.4, 0.5) is 0 Å². The molecular formula is C13H21NO2. The topological polar surface area (TPSA) is 41.5 Å². The third-order valence-electron chi connectivity index (χ3n) is 2.55. The predicted molar refractivity (Wildman–Crippen MR) is 65.9 cm³/mol. The largest absolute Gasteiger partial charge is 0.494 e. The predicted octanol–water partition coefficient (Wildman–Crippen LogP) is 2.04. The minimum atomic E-state index is -0.401. The van der Waals surface area contributed by atoms with Crippen LogP contribution in [0.15, 0.2) is 18.2 Å². The van der Waals surface area contributed by atoms with Gasteiger partial charge in [0.2, 0.25) is 0 Å². The molecule has 0 amide bonds. The van der Waals surface area contributed by atoms with Crippen molar-refractivity contribution in [2.45, 2.75) is 26.4 Å². The summed E-state index contributed by atoms with van der Waals surface area (Å²) < 4.78 is 5.46. The molecule has 1 aromatic carbocycles. The average Bonchev–Trinajstić information content (AvgIpc) is 2.29. The van der Waals surface area contributed by atoms with Crippen molar-refractivity contribution in [3.8, 4) is 5.75 Å². The SMILES string of the molecule is CCOc1ccc(C(O)CCNC)cc1C. The van der Waals surface area contributed by atoms with Crippen molar-refractivity contribution in [1.29, 1.82) is 0 Å². The summed E-state index contributed by atoms with van der Waals surface area (Å²) >= 11 is 0. The molecule has 1 unspecified atom stereocenters. The Hall–Kier alpha value is -1.06. The first kappa shape index (κ1) is 13.0. The van der Waals surface area contributed by atoms with Crippen molar-refractivity contribution < 1.29 is 9.84 Å². The first-order valence-corrected chi connectivity index (χ1v) is 5.75. The van der Waals surface area contributed by atoms with Gasteiger partial charge in [-0.2, -0.15) is 0 Å². The number of ether oxygens (including phenoxy) is 1. The minimum absolute atomic E-state index is 0.401. The van der Waals surface area contributed by atoms with Crippen molar-refractivity contribution in [1.82, 2.24) is 5.32 Å². The molecule has 0 aliphatic heterocycles. The monoisotopic (exact) mass is 223 g/mol. The van der Waals surface area contributed by atoms with Gasteiger partial charge >= 0.3 is 0 Å². The molecule has 0 radical (unpaired) electrons. The number of rotatable bonds is 6. The molecule has 1 atom stereocenters. The highest BCUT2D eigenvalue weighted by molar-refractivity contribution is 5.37. The fourth-order valence-electron chi connectivity index (χ4n) is 1.65. The number of aryl methyl sites for hydroxylation is 1. The molecule has 90 valence electrons. The van der Waals surface area contributed by atoms with E-state index in [0.29, 0.717) is 6.61 Å². The van der Waals surface area contributed by atoms with Gasteiger partial charge in [-0.25, -0.2) is 0 Å². The maximum atomic E-state index is 9.92. The lowest BCUT2D eigenvalue weighted by Gasteiger charge is -2.13. The molecule has 1 aromatic rings. The second-order valence-corrected chi connectivity index (χ2v) is 3.87. The van der Waals surface area contributed by atoms with E-state index in [1.165, 1.54) is 0 Å². The number of hydrogen-bond acceptors (Lipinski definition) is 3. The summed E-state index contributed by atoms with van der Waals surface area (Å²) in [7, 11) is 1.89. The van der Waals surface area contributed by atoms with E-state index in [-0.39, 0.29) is 0 Å². The van der Waals surface area contributed by atoms with Crippen LogP contribution in [0.3, 0.4) is 0 Å². The minimum Gasteiger partial charge on any atom is -0.494 e. The molecule has 1 rings (SSSR count). The lowest BCUT2D eigenvalue weighted by Crippen LogP contribution is -2.12. The molecule has 0 saturated carbocycles. The molecule has 0 aromatic heterocycles.